The second-order valence-corrected chi connectivity index (χ2v) is 7.60. The number of anilines is 1. The molecule has 0 aliphatic carbocycles. The number of epoxide rings is 1. The zero-order chi connectivity index (χ0) is 21.1. The maximum atomic E-state index is 13.1. The van der Waals surface area contributed by atoms with Gasteiger partial charge in [0.05, 0.1) is 24.4 Å². The highest BCUT2D eigenvalue weighted by Gasteiger charge is 2.36. The highest BCUT2D eigenvalue weighted by atomic mass is 16.6. The molecule has 8 nitrogen and oxygen atoms in total. The van der Waals surface area contributed by atoms with Crippen LogP contribution in [0.2, 0.25) is 0 Å². The number of carbonyl (C=O) groups excluding carboxylic acids is 1. The number of rotatable bonds is 7. The van der Waals surface area contributed by atoms with Gasteiger partial charge in [-0.15, -0.1) is 0 Å². The van der Waals surface area contributed by atoms with Crippen molar-refractivity contribution in [2.45, 2.75) is 38.5 Å². The minimum Gasteiger partial charge on any atom is -0.380 e. The van der Waals surface area contributed by atoms with Crippen molar-refractivity contribution in [1.29, 1.82) is 5.26 Å². The van der Waals surface area contributed by atoms with Gasteiger partial charge in [-0.2, -0.15) is 5.26 Å². The average Bonchev–Trinajstić information content (AvgIpc) is 3.62. The molecule has 0 spiro atoms. The van der Waals surface area contributed by atoms with Crippen LogP contribution in [0.5, 0.6) is 0 Å². The normalized spacial score (nSPS) is 18.9. The molecular formula is C22H26N4O4. The first-order valence-electron chi connectivity index (χ1n) is 10.4. The first-order chi connectivity index (χ1) is 14.6. The van der Waals surface area contributed by atoms with Gasteiger partial charge < -0.3 is 24.3 Å². The zero-order valence-corrected chi connectivity index (χ0v) is 17.1. The van der Waals surface area contributed by atoms with Crippen LogP contribution in [0.3, 0.4) is 0 Å². The summed E-state index contributed by atoms with van der Waals surface area (Å²) < 4.78 is 12.1. The molecule has 3 heterocycles. The van der Waals surface area contributed by atoms with Crippen molar-refractivity contribution in [3.63, 3.8) is 0 Å². The Balaban J connectivity index is 1.59. The third kappa shape index (κ3) is 4.04. The van der Waals surface area contributed by atoms with Crippen LogP contribution in [-0.2, 0) is 20.8 Å². The number of hydrogen-bond donors (Lipinski definition) is 1. The number of amides is 1. The van der Waals surface area contributed by atoms with Crippen LogP contribution >= 0.6 is 0 Å². The lowest BCUT2D eigenvalue weighted by atomic mass is 10.0. The Morgan fingerprint density at radius 3 is 2.73 bits per heavy atom. The van der Waals surface area contributed by atoms with Crippen LogP contribution in [-0.4, -0.2) is 60.4 Å². The second kappa shape index (κ2) is 8.86. The number of para-hydroxylation sites is 1. The summed E-state index contributed by atoms with van der Waals surface area (Å²) in [6.45, 7) is 5.09. The van der Waals surface area contributed by atoms with Gasteiger partial charge in [0.1, 0.15) is 11.6 Å². The molecule has 30 heavy (non-hydrogen) atoms. The van der Waals surface area contributed by atoms with Crippen molar-refractivity contribution >= 4 is 22.5 Å². The van der Waals surface area contributed by atoms with Gasteiger partial charge in [-0.05, 0) is 25.8 Å². The van der Waals surface area contributed by atoms with Crippen molar-refractivity contribution in [2.24, 2.45) is 0 Å². The standard InChI is InChI=1S/C22H26N4O4/c1-2-29-12-11-26-18-6-4-3-5-16(18)20(17(13-23)21(26)27)24-15-7-9-25(10-8-15)22(28)19-14-30-19/h3-6,15,19,24H,2,7-12,14H2,1H3. The van der Waals surface area contributed by atoms with Crippen LogP contribution in [0.4, 0.5) is 5.69 Å². The molecule has 2 aliphatic heterocycles. The summed E-state index contributed by atoms with van der Waals surface area (Å²) in [5.74, 6) is 0.0634. The van der Waals surface area contributed by atoms with E-state index in [2.05, 4.69) is 11.4 Å². The van der Waals surface area contributed by atoms with Gasteiger partial charge in [0.25, 0.3) is 11.5 Å². The fraction of sp³-hybridized carbons (Fsp3) is 0.500. The topological polar surface area (TPSA) is 99.9 Å². The van der Waals surface area contributed by atoms with E-state index in [4.69, 9.17) is 9.47 Å². The van der Waals surface area contributed by atoms with Crippen LogP contribution in [0.25, 0.3) is 10.9 Å². The van der Waals surface area contributed by atoms with E-state index in [1.807, 2.05) is 36.1 Å². The number of aromatic nitrogens is 1. The minimum absolute atomic E-state index is 0.0634. The zero-order valence-electron chi connectivity index (χ0n) is 17.1. The van der Waals surface area contributed by atoms with E-state index in [9.17, 15) is 14.9 Å². The number of hydrogen-bond acceptors (Lipinski definition) is 6. The molecule has 1 amide bonds. The van der Waals surface area contributed by atoms with Crippen LogP contribution in [0.1, 0.15) is 25.3 Å². The lowest BCUT2D eigenvalue weighted by molar-refractivity contribution is -0.133. The van der Waals surface area contributed by atoms with E-state index in [-0.39, 0.29) is 29.2 Å². The second-order valence-electron chi connectivity index (χ2n) is 7.60. The highest BCUT2D eigenvalue weighted by molar-refractivity contribution is 5.94. The van der Waals surface area contributed by atoms with E-state index in [1.54, 1.807) is 4.57 Å². The van der Waals surface area contributed by atoms with Gasteiger partial charge in [0.2, 0.25) is 0 Å². The molecule has 2 aromatic rings. The number of likely N-dealkylation sites (tertiary alicyclic amines) is 1. The van der Waals surface area contributed by atoms with E-state index < -0.39 is 0 Å². The largest absolute Gasteiger partial charge is 0.380 e. The summed E-state index contributed by atoms with van der Waals surface area (Å²) in [4.78, 5) is 27.1. The minimum atomic E-state index is -0.308. The first-order valence-corrected chi connectivity index (χ1v) is 10.4. The van der Waals surface area contributed by atoms with Crippen molar-refractivity contribution in [3.8, 4) is 6.07 Å². The Hall–Kier alpha value is -2.89. The summed E-state index contributed by atoms with van der Waals surface area (Å²) in [6, 6.07) is 9.81. The molecule has 0 bridgehead atoms. The predicted molar refractivity (Wildman–Crippen MR) is 112 cm³/mol. The van der Waals surface area contributed by atoms with Gasteiger partial charge in [0, 0.05) is 37.7 Å². The van der Waals surface area contributed by atoms with Crippen LogP contribution in [0.15, 0.2) is 29.1 Å². The molecule has 1 aromatic heterocycles. The van der Waals surface area contributed by atoms with Gasteiger partial charge in [-0.1, -0.05) is 18.2 Å². The molecule has 0 radical (unpaired) electrons. The summed E-state index contributed by atoms with van der Waals surface area (Å²) in [5.41, 5.74) is 1.18. The molecular weight excluding hydrogens is 384 g/mol. The SMILES string of the molecule is CCOCCn1c(=O)c(C#N)c(NC2CCN(C(=O)C3CO3)CC2)c2ccccc21. The van der Waals surface area contributed by atoms with Gasteiger partial charge in [-0.3, -0.25) is 9.59 Å². The number of pyridine rings is 1. The third-order valence-corrected chi connectivity index (χ3v) is 5.71. The number of nitrogens with zero attached hydrogens (tertiary/aromatic N) is 3. The summed E-state index contributed by atoms with van der Waals surface area (Å²) in [6.07, 6.45) is 1.25. The molecule has 8 heteroatoms. The lowest BCUT2D eigenvalue weighted by Crippen LogP contribution is -2.44. The molecule has 1 N–H and O–H groups in total. The van der Waals surface area contributed by atoms with Crippen LogP contribution < -0.4 is 10.9 Å². The molecule has 4 rings (SSSR count). The Kier molecular flexibility index (Phi) is 6.02. The van der Waals surface area contributed by atoms with E-state index in [0.29, 0.717) is 45.1 Å². The fourth-order valence-corrected chi connectivity index (χ4v) is 4.02. The number of benzene rings is 1. The number of piperidine rings is 1. The molecule has 2 saturated heterocycles. The quantitative estimate of drug-likeness (QED) is 0.551. The predicted octanol–water partition coefficient (Wildman–Crippen LogP) is 1.71. The number of carbonyl (C=O) groups is 1. The highest BCUT2D eigenvalue weighted by Crippen LogP contribution is 2.28. The van der Waals surface area contributed by atoms with Crippen LogP contribution in [0, 0.1) is 11.3 Å². The van der Waals surface area contributed by atoms with Gasteiger partial charge in [-0.25, -0.2) is 0 Å². The number of nitrogens with one attached hydrogen (secondary N) is 1. The molecule has 1 atom stereocenters. The third-order valence-electron chi connectivity index (χ3n) is 5.71. The smallest absolute Gasteiger partial charge is 0.271 e. The van der Waals surface area contributed by atoms with Crippen molar-refractivity contribution in [1.82, 2.24) is 9.47 Å². The Bertz CT molecular complexity index is 1030. The van der Waals surface area contributed by atoms with Crippen molar-refractivity contribution in [3.05, 3.63) is 40.2 Å². The van der Waals surface area contributed by atoms with E-state index >= 15 is 0 Å². The molecule has 1 aromatic carbocycles. The number of nitriles is 1. The van der Waals surface area contributed by atoms with E-state index in [1.165, 1.54) is 0 Å². The molecule has 2 fully saturated rings. The molecule has 158 valence electrons. The summed E-state index contributed by atoms with van der Waals surface area (Å²) >= 11 is 0. The Labute approximate surface area is 175 Å². The fourth-order valence-electron chi connectivity index (χ4n) is 4.02. The maximum absolute atomic E-state index is 13.1. The number of ether oxygens (including phenoxy) is 2. The first kappa shape index (κ1) is 20.4. The Morgan fingerprint density at radius 1 is 1.33 bits per heavy atom. The maximum Gasteiger partial charge on any atom is 0.271 e. The summed E-state index contributed by atoms with van der Waals surface area (Å²) in [5, 5.41) is 14.1. The average molecular weight is 410 g/mol. The van der Waals surface area contributed by atoms with Crippen molar-refractivity contribution < 1.29 is 14.3 Å². The Morgan fingerprint density at radius 2 is 2.07 bits per heavy atom. The van der Waals surface area contributed by atoms with Gasteiger partial charge >= 0.3 is 0 Å². The summed E-state index contributed by atoms with van der Waals surface area (Å²) in [7, 11) is 0. The lowest BCUT2D eigenvalue weighted by Gasteiger charge is -2.33. The molecule has 2 aliphatic rings. The van der Waals surface area contributed by atoms with E-state index in [0.717, 1.165) is 23.7 Å². The molecule has 1 unspecified atom stereocenters. The monoisotopic (exact) mass is 410 g/mol. The molecule has 0 saturated carbocycles. The number of fused-ring (bicyclic) bond motifs is 1. The van der Waals surface area contributed by atoms with Crippen molar-refractivity contribution in [2.75, 3.05) is 38.2 Å². The van der Waals surface area contributed by atoms with Gasteiger partial charge in [0.15, 0.2) is 6.10 Å².